The van der Waals surface area contributed by atoms with E-state index in [0.29, 0.717) is 5.75 Å². The van der Waals surface area contributed by atoms with Crippen molar-refractivity contribution in [3.63, 3.8) is 0 Å². The van der Waals surface area contributed by atoms with Gasteiger partial charge in [0.25, 0.3) is 0 Å². The fourth-order valence-electron chi connectivity index (χ4n) is 4.05. The van der Waals surface area contributed by atoms with Gasteiger partial charge in [-0.25, -0.2) is 0 Å². The van der Waals surface area contributed by atoms with Gasteiger partial charge in [-0.3, -0.25) is 9.91 Å². The molecule has 4 rings (SSSR count). The molecule has 1 heterocycles. The topological polar surface area (TPSA) is 37.3 Å². The Bertz CT molecular complexity index is 945. The van der Waals surface area contributed by atoms with E-state index in [1.54, 1.807) is 14.2 Å². The lowest BCUT2D eigenvalue weighted by Crippen LogP contribution is -2.45. The van der Waals surface area contributed by atoms with Crippen LogP contribution in [0.25, 0.3) is 0 Å². The maximum atomic E-state index is 5.39. The number of ether oxygens (including phenoxy) is 2. The van der Waals surface area contributed by atoms with Gasteiger partial charge in [0.1, 0.15) is 0 Å². The maximum Gasteiger partial charge on any atom is 0.161 e. The normalized spacial score (nSPS) is 14.9. The van der Waals surface area contributed by atoms with Crippen LogP contribution in [0.15, 0.2) is 84.0 Å². The van der Waals surface area contributed by atoms with E-state index in [0.717, 1.165) is 37.5 Å². The van der Waals surface area contributed by atoms with E-state index in [2.05, 4.69) is 70.6 Å². The quantitative estimate of drug-likeness (QED) is 0.535. The highest BCUT2D eigenvalue weighted by Crippen LogP contribution is 2.30. The molecule has 3 aromatic carbocycles. The Balaban J connectivity index is 1.44. The summed E-state index contributed by atoms with van der Waals surface area (Å²) in [6.07, 6.45) is 1.89. The van der Waals surface area contributed by atoms with Crippen molar-refractivity contribution in [3.05, 3.63) is 95.6 Å². The Kier molecular flexibility index (Phi) is 6.85. The molecule has 160 valence electrons. The molecular weight excluding hydrogens is 386 g/mol. The van der Waals surface area contributed by atoms with Crippen LogP contribution in [-0.4, -0.2) is 56.5 Å². The van der Waals surface area contributed by atoms with E-state index in [1.807, 2.05) is 24.4 Å². The van der Waals surface area contributed by atoms with Crippen LogP contribution in [0.3, 0.4) is 0 Å². The summed E-state index contributed by atoms with van der Waals surface area (Å²) in [5.74, 6) is 1.44. The molecule has 0 unspecified atom stereocenters. The van der Waals surface area contributed by atoms with Gasteiger partial charge in [0.15, 0.2) is 11.5 Å². The van der Waals surface area contributed by atoms with Crippen molar-refractivity contribution < 1.29 is 9.47 Å². The third-order valence-electron chi connectivity index (χ3n) is 5.66. The fourth-order valence-corrected chi connectivity index (χ4v) is 4.05. The summed E-state index contributed by atoms with van der Waals surface area (Å²) in [6, 6.07) is 27.6. The first kappa shape index (κ1) is 20.9. The molecule has 1 fully saturated rings. The van der Waals surface area contributed by atoms with Crippen LogP contribution in [0.2, 0.25) is 0 Å². The lowest BCUT2D eigenvalue weighted by molar-refractivity contribution is 0.113. The summed E-state index contributed by atoms with van der Waals surface area (Å²) in [6.45, 7) is 3.69. The zero-order valence-corrected chi connectivity index (χ0v) is 18.1. The predicted molar refractivity (Wildman–Crippen MR) is 125 cm³/mol. The number of benzene rings is 3. The minimum atomic E-state index is 0.263. The van der Waals surface area contributed by atoms with Crippen LogP contribution >= 0.6 is 0 Å². The molecule has 0 bridgehead atoms. The molecule has 5 nitrogen and oxygen atoms in total. The second kappa shape index (κ2) is 10.1. The summed E-state index contributed by atoms with van der Waals surface area (Å²) < 4.78 is 10.7. The number of hydrazone groups is 1. The molecule has 1 saturated heterocycles. The molecule has 0 N–H and O–H groups in total. The SMILES string of the molecule is COc1ccc(C=NN2CCN(C(c3ccccc3)c3ccccc3)CC2)cc1OC. The van der Waals surface area contributed by atoms with E-state index in [4.69, 9.17) is 14.6 Å². The van der Waals surface area contributed by atoms with Crippen molar-refractivity contribution >= 4 is 6.21 Å². The number of methoxy groups -OCH3 is 2. The van der Waals surface area contributed by atoms with Gasteiger partial charge in [-0.15, -0.1) is 0 Å². The molecule has 0 atom stereocenters. The van der Waals surface area contributed by atoms with Gasteiger partial charge >= 0.3 is 0 Å². The Labute approximate surface area is 184 Å². The van der Waals surface area contributed by atoms with Crippen molar-refractivity contribution in [1.82, 2.24) is 9.91 Å². The number of hydrogen-bond donors (Lipinski definition) is 0. The lowest BCUT2D eigenvalue weighted by atomic mass is 9.96. The minimum absolute atomic E-state index is 0.263. The molecule has 0 aromatic heterocycles. The zero-order valence-electron chi connectivity index (χ0n) is 18.1. The third-order valence-corrected chi connectivity index (χ3v) is 5.66. The standard InChI is InChI=1S/C26H29N3O2/c1-30-24-14-13-21(19-25(24)31-2)20-27-29-17-15-28(16-18-29)26(22-9-5-3-6-10-22)23-11-7-4-8-12-23/h3-14,19-20,26H,15-18H2,1-2H3. The minimum Gasteiger partial charge on any atom is -0.493 e. The lowest BCUT2D eigenvalue weighted by Gasteiger charge is -2.38. The molecule has 0 amide bonds. The molecule has 0 radical (unpaired) electrons. The molecule has 0 aliphatic carbocycles. The summed E-state index contributed by atoms with van der Waals surface area (Å²) in [5.41, 5.74) is 3.65. The predicted octanol–water partition coefficient (Wildman–Crippen LogP) is 4.44. The second-order valence-electron chi connectivity index (χ2n) is 7.57. The zero-order chi connectivity index (χ0) is 21.5. The van der Waals surface area contributed by atoms with E-state index in [9.17, 15) is 0 Å². The average Bonchev–Trinajstić information content (AvgIpc) is 2.85. The molecule has 0 saturated carbocycles. The maximum absolute atomic E-state index is 5.39. The molecule has 5 heteroatoms. The van der Waals surface area contributed by atoms with E-state index >= 15 is 0 Å². The van der Waals surface area contributed by atoms with E-state index < -0.39 is 0 Å². The van der Waals surface area contributed by atoms with Gasteiger partial charge < -0.3 is 9.47 Å². The monoisotopic (exact) mass is 415 g/mol. The molecule has 1 aliphatic heterocycles. The largest absolute Gasteiger partial charge is 0.493 e. The van der Waals surface area contributed by atoms with Crippen molar-refractivity contribution in [2.24, 2.45) is 5.10 Å². The van der Waals surface area contributed by atoms with Gasteiger partial charge in [-0.2, -0.15) is 5.10 Å². The third kappa shape index (κ3) is 5.06. The van der Waals surface area contributed by atoms with Crippen LogP contribution in [0.5, 0.6) is 11.5 Å². The second-order valence-corrected chi connectivity index (χ2v) is 7.57. The average molecular weight is 416 g/mol. The van der Waals surface area contributed by atoms with Crippen molar-refractivity contribution in [3.8, 4) is 11.5 Å². The summed E-state index contributed by atoms with van der Waals surface area (Å²) in [5, 5.41) is 6.85. The van der Waals surface area contributed by atoms with Gasteiger partial charge in [-0.1, -0.05) is 60.7 Å². The van der Waals surface area contributed by atoms with Crippen LogP contribution in [-0.2, 0) is 0 Å². The fraction of sp³-hybridized carbons (Fsp3) is 0.269. The van der Waals surface area contributed by atoms with Gasteiger partial charge in [0, 0.05) is 26.2 Å². The van der Waals surface area contributed by atoms with Crippen LogP contribution in [0, 0.1) is 0 Å². The number of rotatable bonds is 7. The first-order chi connectivity index (χ1) is 15.3. The van der Waals surface area contributed by atoms with Gasteiger partial charge in [0.05, 0.1) is 26.5 Å². The first-order valence-electron chi connectivity index (χ1n) is 10.6. The molecule has 1 aliphatic rings. The van der Waals surface area contributed by atoms with Crippen molar-refractivity contribution in [2.45, 2.75) is 6.04 Å². The molecule has 31 heavy (non-hydrogen) atoms. The van der Waals surface area contributed by atoms with Crippen LogP contribution in [0.1, 0.15) is 22.7 Å². The van der Waals surface area contributed by atoms with Crippen LogP contribution in [0.4, 0.5) is 0 Å². The first-order valence-corrected chi connectivity index (χ1v) is 10.6. The molecular formula is C26H29N3O2. The number of hydrogen-bond acceptors (Lipinski definition) is 5. The Hall–Kier alpha value is -3.31. The summed E-state index contributed by atoms with van der Waals surface area (Å²) >= 11 is 0. The molecule has 0 spiro atoms. The molecule has 3 aromatic rings. The number of nitrogens with zero attached hydrogens (tertiary/aromatic N) is 3. The smallest absolute Gasteiger partial charge is 0.161 e. The van der Waals surface area contributed by atoms with Gasteiger partial charge in [-0.05, 0) is 34.9 Å². The van der Waals surface area contributed by atoms with Crippen molar-refractivity contribution in [1.29, 1.82) is 0 Å². The van der Waals surface area contributed by atoms with Crippen molar-refractivity contribution in [2.75, 3.05) is 40.4 Å². The highest BCUT2D eigenvalue weighted by atomic mass is 16.5. The van der Waals surface area contributed by atoms with Gasteiger partial charge in [0.2, 0.25) is 0 Å². The van der Waals surface area contributed by atoms with Crippen LogP contribution < -0.4 is 9.47 Å². The van der Waals surface area contributed by atoms with E-state index in [-0.39, 0.29) is 6.04 Å². The Morgan fingerprint density at radius 3 is 1.87 bits per heavy atom. The summed E-state index contributed by atoms with van der Waals surface area (Å²) in [7, 11) is 3.29. The Morgan fingerprint density at radius 1 is 0.742 bits per heavy atom. The number of piperazine rings is 1. The highest BCUT2D eigenvalue weighted by Gasteiger charge is 2.25. The summed E-state index contributed by atoms with van der Waals surface area (Å²) in [4.78, 5) is 2.55. The van der Waals surface area contributed by atoms with E-state index in [1.165, 1.54) is 11.1 Å². The Morgan fingerprint density at radius 2 is 1.32 bits per heavy atom. The highest BCUT2D eigenvalue weighted by molar-refractivity contribution is 5.80.